The van der Waals surface area contributed by atoms with Gasteiger partial charge in [-0.3, -0.25) is 9.89 Å². The highest BCUT2D eigenvalue weighted by Gasteiger charge is 2.41. The second kappa shape index (κ2) is 10.7. The summed E-state index contributed by atoms with van der Waals surface area (Å²) in [6.45, 7) is 6.30. The molecular weight excluding hydrogens is 412 g/mol. The van der Waals surface area contributed by atoms with E-state index in [4.69, 9.17) is 9.47 Å². The maximum atomic E-state index is 6.20. The molecule has 0 radical (unpaired) electrons. The number of benzene rings is 2. The third-order valence-corrected chi connectivity index (χ3v) is 7.25. The summed E-state index contributed by atoms with van der Waals surface area (Å²) in [5.41, 5.74) is 2.64. The molecule has 2 aromatic carbocycles. The van der Waals surface area contributed by atoms with Crippen LogP contribution in [0.1, 0.15) is 30.1 Å². The lowest BCUT2D eigenvalue weighted by Crippen LogP contribution is -2.50. The van der Waals surface area contributed by atoms with Crippen LogP contribution in [0.2, 0.25) is 0 Å². The van der Waals surface area contributed by atoms with E-state index < -0.39 is 0 Å². The van der Waals surface area contributed by atoms with Gasteiger partial charge in [0, 0.05) is 52.3 Å². The standard InChI is InChI=1S/C27H36N4O2/c1-28-27(29-17-23-13-8-15-33-26(23)22-11-6-3-7-12-22)31-19-24-25(20-31)32-16-14-30(24)18-21-9-4-2-5-10-21/h2-7,9-12,23-26H,8,13-20H2,1H3,(H,28,29). The van der Waals surface area contributed by atoms with Crippen molar-refractivity contribution < 1.29 is 9.47 Å². The fourth-order valence-corrected chi connectivity index (χ4v) is 5.56. The first-order valence-electron chi connectivity index (χ1n) is 12.3. The van der Waals surface area contributed by atoms with Crippen molar-refractivity contribution in [3.05, 3.63) is 71.8 Å². The summed E-state index contributed by atoms with van der Waals surface area (Å²) in [5.74, 6) is 1.42. The summed E-state index contributed by atoms with van der Waals surface area (Å²) in [5, 5.41) is 3.68. The molecule has 0 saturated carbocycles. The van der Waals surface area contributed by atoms with Gasteiger partial charge >= 0.3 is 0 Å². The van der Waals surface area contributed by atoms with Crippen LogP contribution in [0.25, 0.3) is 0 Å². The molecule has 0 aromatic heterocycles. The molecule has 1 N–H and O–H groups in total. The average Bonchev–Trinajstić information content (AvgIpc) is 3.31. The van der Waals surface area contributed by atoms with Gasteiger partial charge in [0.25, 0.3) is 0 Å². The van der Waals surface area contributed by atoms with Gasteiger partial charge in [0.15, 0.2) is 5.96 Å². The molecule has 3 saturated heterocycles. The first-order chi connectivity index (χ1) is 16.3. The summed E-state index contributed by atoms with van der Waals surface area (Å²) in [6.07, 6.45) is 2.67. The lowest BCUT2D eigenvalue weighted by atomic mass is 9.89. The highest BCUT2D eigenvalue weighted by atomic mass is 16.5. The molecule has 4 atom stereocenters. The van der Waals surface area contributed by atoms with Gasteiger partial charge in [-0.1, -0.05) is 60.7 Å². The molecule has 3 aliphatic rings. The van der Waals surface area contributed by atoms with E-state index in [2.05, 4.69) is 80.8 Å². The summed E-state index contributed by atoms with van der Waals surface area (Å²) in [6, 6.07) is 21.8. The second-order valence-corrected chi connectivity index (χ2v) is 9.37. The number of guanidine groups is 1. The lowest BCUT2D eigenvalue weighted by Gasteiger charge is -2.36. The SMILES string of the molecule is CN=C(NCC1CCCOC1c1ccccc1)N1CC2OCCN(Cc3ccccc3)C2C1. The van der Waals surface area contributed by atoms with Crippen LogP contribution in [0.5, 0.6) is 0 Å². The van der Waals surface area contributed by atoms with Gasteiger partial charge in [0.1, 0.15) is 0 Å². The maximum Gasteiger partial charge on any atom is 0.193 e. The van der Waals surface area contributed by atoms with Crippen LogP contribution in [-0.4, -0.2) is 74.3 Å². The minimum absolute atomic E-state index is 0.149. The molecule has 6 heteroatoms. The number of rotatable bonds is 5. The Morgan fingerprint density at radius 3 is 2.58 bits per heavy atom. The number of aliphatic imine (C=N–C) groups is 1. The Morgan fingerprint density at radius 1 is 1.00 bits per heavy atom. The minimum Gasteiger partial charge on any atom is -0.373 e. The molecule has 33 heavy (non-hydrogen) atoms. The van der Waals surface area contributed by atoms with Gasteiger partial charge in [0.2, 0.25) is 0 Å². The third-order valence-electron chi connectivity index (χ3n) is 7.25. The monoisotopic (exact) mass is 448 g/mol. The fraction of sp³-hybridized carbons (Fsp3) is 0.519. The van der Waals surface area contributed by atoms with Crippen molar-refractivity contribution in [3.8, 4) is 0 Å². The van der Waals surface area contributed by atoms with Gasteiger partial charge < -0.3 is 19.7 Å². The van der Waals surface area contributed by atoms with E-state index in [1.165, 1.54) is 17.5 Å². The first kappa shape index (κ1) is 22.4. The number of hydrogen-bond acceptors (Lipinski definition) is 4. The Hall–Kier alpha value is -2.41. The van der Waals surface area contributed by atoms with Crippen molar-refractivity contribution in [1.82, 2.24) is 15.1 Å². The van der Waals surface area contributed by atoms with Crippen LogP contribution in [0.4, 0.5) is 0 Å². The van der Waals surface area contributed by atoms with Gasteiger partial charge in [-0.2, -0.15) is 0 Å². The highest BCUT2D eigenvalue weighted by Crippen LogP contribution is 2.33. The number of fused-ring (bicyclic) bond motifs is 1. The van der Waals surface area contributed by atoms with E-state index in [0.29, 0.717) is 12.0 Å². The Balaban J connectivity index is 1.21. The number of morpholine rings is 1. The van der Waals surface area contributed by atoms with Crippen LogP contribution >= 0.6 is 0 Å². The van der Waals surface area contributed by atoms with Crippen LogP contribution in [0.15, 0.2) is 65.7 Å². The molecule has 0 amide bonds. The molecule has 3 fully saturated rings. The fourth-order valence-electron chi connectivity index (χ4n) is 5.56. The van der Waals surface area contributed by atoms with Gasteiger partial charge in [-0.05, 0) is 24.0 Å². The Morgan fingerprint density at radius 2 is 1.79 bits per heavy atom. The summed E-state index contributed by atoms with van der Waals surface area (Å²) in [4.78, 5) is 9.59. The topological polar surface area (TPSA) is 49.3 Å². The van der Waals surface area contributed by atoms with Crippen LogP contribution < -0.4 is 5.32 Å². The van der Waals surface area contributed by atoms with E-state index in [-0.39, 0.29) is 12.2 Å². The summed E-state index contributed by atoms with van der Waals surface area (Å²) >= 11 is 0. The normalized spacial score (nSPS) is 28.5. The molecule has 4 unspecified atom stereocenters. The van der Waals surface area contributed by atoms with E-state index in [0.717, 1.165) is 58.3 Å². The number of nitrogens with zero attached hydrogens (tertiary/aromatic N) is 3. The smallest absolute Gasteiger partial charge is 0.193 e. The molecule has 6 nitrogen and oxygen atoms in total. The van der Waals surface area contributed by atoms with Crippen molar-refractivity contribution in [2.24, 2.45) is 10.9 Å². The van der Waals surface area contributed by atoms with Crippen LogP contribution in [-0.2, 0) is 16.0 Å². The zero-order valence-electron chi connectivity index (χ0n) is 19.6. The molecule has 0 bridgehead atoms. The van der Waals surface area contributed by atoms with Crippen molar-refractivity contribution >= 4 is 5.96 Å². The van der Waals surface area contributed by atoms with Crippen molar-refractivity contribution in [2.45, 2.75) is 37.6 Å². The van der Waals surface area contributed by atoms with E-state index in [1.54, 1.807) is 0 Å². The van der Waals surface area contributed by atoms with Crippen LogP contribution in [0.3, 0.4) is 0 Å². The third kappa shape index (κ3) is 5.24. The zero-order chi connectivity index (χ0) is 22.5. The highest BCUT2D eigenvalue weighted by molar-refractivity contribution is 5.80. The van der Waals surface area contributed by atoms with Crippen molar-refractivity contribution in [2.75, 3.05) is 46.4 Å². The van der Waals surface area contributed by atoms with Crippen LogP contribution in [0, 0.1) is 5.92 Å². The molecule has 5 rings (SSSR count). The van der Waals surface area contributed by atoms with Crippen molar-refractivity contribution in [1.29, 1.82) is 0 Å². The zero-order valence-corrected chi connectivity index (χ0v) is 19.6. The van der Waals surface area contributed by atoms with Gasteiger partial charge in [0.05, 0.1) is 24.9 Å². The predicted octanol–water partition coefficient (Wildman–Crippen LogP) is 3.31. The number of ether oxygens (including phenoxy) is 2. The molecule has 2 aromatic rings. The predicted molar refractivity (Wildman–Crippen MR) is 131 cm³/mol. The van der Waals surface area contributed by atoms with Gasteiger partial charge in [-0.25, -0.2) is 0 Å². The molecule has 176 valence electrons. The summed E-state index contributed by atoms with van der Waals surface area (Å²) < 4.78 is 12.4. The number of hydrogen-bond donors (Lipinski definition) is 1. The Kier molecular flexibility index (Phi) is 7.24. The number of likely N-dealkylation sites (tertiary alicyclic amines) is 1. The summed E-state index contributed by atoms with van der Waals surface area (Å²) in [7, 11) is 1.89. The van der Waals surface area contributed by atoms with Crippen molar-refractivity contribution in [3.63, 3.8) is 0 Å². The molecule has 3 aliphatic heterocycles. The van der Waals surface area contributed by atoms with E-state index in [1.807, 2.05) is 7.05 Å². The van der Waals surface area contributed by atoms with E-state index >= 15 is 0 Å². The lowest BCUT2D eigenvalue weighted by molar-refractivity contribution is -0.0502. The minimum atomic E-state index is 0.149. The van der Waals surface area contributed by atoms with E-state index in [9.17, 15) is 0 Å². The largest absolute Gasteiger partial charge is 0.373 e. The Bertz CT molecular complexity index is 907. The first-order valence-corrected chi connectivity index (χ1v) is 12.3. The maximum absolute atomic E-state index is 6.20. The quantitative estimate of drug-likeness (QED) is 0.562. The Labute approximate surface area is 197 Å². The number of nitrogens with one attached hydrogen (secondary N) is 1. The molecule has 0 aliphatic carbocycles. The molecule has 3 heterocycles. The second-order valence-electron chi connectivity index (χ2n) is 9.37. The molecular formula is C27H36N4O2. The molecule has 0 spiro atoms. The average molecular weight is 449 g/mol. The van der Waals surface area contributed by atoms with Gasteiger partial charge in [-0.15, -0.1) is 0 Å².